The smallest absolute Gasteiger partial charge is 0.266 e. The molecule has 0 atom stereocenters. The number of nitrogens with zero attached hydrogens (tertiary/aromatic N) is 2. The number of pyridine rings is 1. The van der Waals surface area contributed by atoms with Gasteiger partial charge in [-0.3, -0.25) is 9.78 Å². The maximum Gasteiger partial charge on any atom is 0.266 e. The van der Waals surface area contributed by atoms with E-state index in [2.05, 4.69) is 14.6 Å². The minimum absolute atomic E-state index is 0.377. The summed E-state index contributed by atoms with van der Waals surface area (Å²) in [6, 6.07) is 1.66. The van der Waals surface area contributed by atoms with Crippen molar-refractivity contribution in [2.75, 3.05) is 20.1 Å². The van der Waals surface area contributed by atoms with E-state index < -0.39 is 20.7 Å². The highest BCUT2D eigenvalue weighted by atomic mass is 32.2. The summed E-state index contributed by atoms with van der Waals surface area (Å²) < 4.78 is 26.1. The standard InChI is InChI=1S/C12H15N3O3S/c1-15-6-3-12(4-7-15)10-2-5-13-8-9(10)11(16)14-19(12,17)18/h2,5,8H,3-4,6-7H2,1H3,(H,14,16). The van der Waals surface area contributed by atoms with E-state index in [1.54, 1.807) is 12.3 Å². The van der Waals surface area contributed by atoms with Crippen LogP contribution in [0.1, 0.15) is 28.8 Å². The van der Waals surface area contributed by atoms with E-state index in [9.17, 15) is 13.2 Å². The molecule has 19 heavy (non-hydrogen) atoms. The second-order valence-electron chi connectivity index (χ2n) is 5.15. The molecule has 0 radical (unpaired) electrons. The molecule has 2 aliphatic heterocycles. The lowest BCUT2D eigenvalue weighted by molar-refractivity contribution is 0.0969. The fourth-order valence-electron chi connectivity index (χ4n) is 2.91. The quantitative estimate of drug-likeness (QED) is 0.728. The van der Waals surface area contributed by atoms with Gasteiger partial charge in [-0.2, -0.15) is 0 Å². The largest absolute Gasteiger partial charge is 0.306 e. The van der Waals surface area contributed by atoms with Crippen LogP contribution < -0.4 is 4.72 Å². The number of fused-ring (bicyclic) bond motifs is 2. The molecule has 0 aromatic carbocycles. The van der Waals surface area contributed by atoms with Gasteiger partial charge in [0, 0.05) is 12.4 Å². The molecule has 0 bridgehead atoms. The Labute approximate surface area is 111 Å². The molecular formula is C12H15N3O3S. The summed E-state index contributed by atoms with van der Waals surface area (Å²) in [4.78, 5) is 17.9. The molecule has 0 unspecified atom stereocenters. The van der Waals surface area contributed by atoms with Crippen molar-refractivity contribution in [3.8, 4) is 0 Å². The number of rotatable bonds is 0. The third kappa shape index (κ3) is 1.68. The van der Waals surface area contributed by atoms with Gasteiger partial charge < -0.3 is 4.90 Å². The van der Waals surface area contributed by atoms with Crippen LogP contribution in [-0.4, -0.2) is 44.3 Å². The van der Waals surface area contributed by atoms with Gasteiger partial charge >= 0.3 is 0 Å². The highest BCUT2D eigenvalue weighted by Gasteiger charge is 2.52. The third-order valence-corrected chi connectivity index (χ3v) is 6.20. The zero-order valence-electron chi connectivity index (χ0n) is 10.6. The van der Waals surface area contributed by atoms with Gasteiger partial charge in [0.15, 0.2) is 0 Å². The monoisotopic (exact) mass is 281 g/mol. The summed E-state index contributed by atoms with van der Waals surface area (Å²) in [5.41, 5.74) is 0.973. The Hall–Kier alpha value is -1.47. The van der Waals surface area contributed by atoms with Crippen molar-refractivity contribution in [2.45, 2.75) is 17.6 Å². The first-order valence-corrected chi connectivity index (χ1v) is 7.64. The fourth-order valence-corrected chi connectivity index (χ4v) is 4.65. The van der Waals surface area contributed by atoms with Crippen molar-refractivity contribution in [3.63, 3.8) is 0 Å². The second-order valence-corrected chi connectivity index (χ2v) is 7.15. The van der Waals surface area contributed by atoms with Crippen molar-refractivity contribution in [3.05, 3.63) is 29.6 Å². The summed E-state index contributed by atoms with van der Waals surface area (Å²) in [5, 5.41) is 0. The number of carbonyl (C=O) groups is 1. The third-order valence-electron chi connectivity index (χ3n) is 4.09. The van der Waals surface area contributed by atoms with E-state index in [4.69, 9.17) is 0 Å². The maximum absolute atomic E-state index is 12.5. The molecule has 1 aromatic rings. The molecular weight excluding hydrogens is 266 g/mol. The molecule has 1 N–H and O–H groups in total. The lowest BCUT2D eigenvalue weighted by Gasteiger charge is -2.42. The Kier molecular flexibility index (Phi) is 2.65. The first-order valence-electron chi connectivity index (χ1n) is 6.16. The zero-order valence-corrected chi connectivity index (χ0v) is 11.4. The molecule has 3 rings (SSSR count). The van der Waals surface area contributed by atoms with Crippen LogP contribution in [0.15, 0.2) is 18.5 Å². The average molecular weight is 281 g/mol. The maximum atomic E-state index is 12.5. The molecule has 7 heteroatoms. The predicted octanol–water partition coefficient (Wildman–Crippen LogP) is 0.0757. The van der Waals surface area contributed by atoms with Crippen LogP contribution in [0.5, 0.6) is 0 Å². The Bertz CT molecular complexity index is 633. The van der Waals surface area contributed by atoms with Crippen LogP contribution in [-0.2, 0) is 14.8 Å². The van der Waals surface area contributed by atoms with Gasteiger partial charge in [-0.25, -0.2) is 13.1 Å². The first kappa shape index (κ1) is 12.6. The topological polar surface area (TPSA) is 79.4 Å². The van der Waals surface area contributed by atoms with Gasteiger partial charge in [0.2, 0.25) is 10.0 Å². The summed E-state index contributed by atoms with van der Waals surface area (Å²) in [6.07, 6.45) is 3.97. The molecule has 1 amide bonds. The van der Waals surface area contributed by atoms with Crippen molar-refractivity contribution in [2.24, 2.45) is 0 Å². The number of hydrogen-bond donors (Lipinski definition) is 1. The summed E-state index contributed by atoms with van der Waals surface area (Å²) in [7, 11) is -1.72. The first-order chi connectivity index (χ1) is 8.96. The number of carbonyl (C=O) groups excluding carboxylic acids is 1. The van der Waals surface area contributed by atoms with E-state index in [-0.39, 0.29) is 0 Å². The lowest BCUT2D eigenvalue weighted by Crippen LogP contribution is -2.55. The van der Waals surface area contributed by atoms with E-state index >= 15 is 0 Å². The van der Waals surface area contributed by atoms with Gasteiger partial charge in [-0.1, -0.05) is 0 Å². The van der Waals surface area contributed by atoms with Crippen LogP contribution in [0.4, 0.5) is 0 Å². The molecule has 2 aliphatic rings. The lowest BCUT2D eigenvalue weighted by atomic mass is 9.86. The molecule has 3 heterocycles. The molecule has 0 aliphatic carbocycles. The van der Waals surface area contributed by atoms with Crippen molar-refractivity contribution < 1.29 is 13.2 Å². The van der Waals surface area contributed by atoms with Crippen LogP contribution in [0, 0.1) is 0 Å². The minimum atomic E-state index is -3.69. The molecule has 1 aromatic heterocycles. The Morgan fingerprint density at radius 3 is 2.74 bits per heavy atom. The van der Waals surface area contributed by atoms with Crippen LogP contribution in [0.3, 0.4) is 0 Å². The number of amides is 1. The molecule has 1 saturated heterocycles. The highest BCUT2D eigenvalue weighted by Crippen LogP contribution is 2.43. The average Bonchev–Trinajstić information content (AvgIpc) is 2.38. The number of aromatic nitrogens is 1. The normalized spacial score (nSPS) is 24.8. The fraction of sp³-hybridized carbons (Fsp3) is 0.500. The van der Waals surface area contributed by atoms with Gasteiger partial charge in [-0.05, 0) is 44.6 Å². The Morgan fingerprint density at radius 1 is 1.37 bits per heavy atom. The number of hydrogen-bond acceptors (Lipinski definition) is 5. The highest BCUT2D eigenvalue weighted by molar-refractivity contribution is 7.91. The SMILES string of the molecule is CN1CCC2(CC1)c1ccncc1C(=O)NS2(=O)=O. The molecule has 102 valence electrons. The summed E-state index contributed by atoms with van der Waals surface area (Å²) in [6.45, 7) is 1.38. The van der Waals surface area contributed by atoms with Crippen LogP contribution in [0.25, 0.3) is 0 Å². The van der Waals surface area contributed by atoms with Crippen LogP contribution >= 0.6 is 0 Å². The Balaban J connectivity index is 2.21. The van der Waals surface area contributed by atoms with Gasteiger partial charge in [0.25, 0.3) is 5.91 Å². The van der Waals surface area contributed by atoms with Crippen molar-refractivity contribution >= 4 is 15.9 Å². The molecule has 1 fully saturated rings. The van der Waals surface area contributed by atoms with E-state index in [0.29, 0.717) is 37.1 Å². The molecule has 6 nitrogen and oxygen atoms in total. The van der Waals surface area contributed by atoms with Gasteiger partial charge in [-0.15, -0.1) is 0 Å². The van der Waals surface area contributed by atoms with Crippen molar-refractivity contribution in [1.29, 1.82) is 0 Å². The molecule has 0 saturated carbocycles. The van der Waals surface area contributed by atoms with Gasteiger partial charge in [0.1, 0.15) is 4.75 Å². The second kappa shape index (κ2) is 4.01. The summed E-state index contributed by atoms with van der Waals surface area (Å²) in [5.74, 6) is -0.576. The van der Waals surface area contributed by atoms with Gasteiger partial charge in [0.05, 0.1) is 5.56 Å². The van der Waals surface area contributed by atoms with E-state index in [1.165, 1.54) is 6.20 Å². The van der Waals surface area contributed by atoms with Crippen LogP contribution in [0.2, 0.25) is 0 Å². The Morgan fingerprint density at radius 2 is 2.05 bits per heavy atom. The summed E-state index contributed by atoms with van der Waals surface area (Å²) >= 11 is 0. The minimum Gasteiger partial charge on any atom is -0.306 e. The number of nitrogens with one attached hydrogen (secondary N) is 1. The number of likely N-dealkylation sites (tertiary alicyclic amines) is 1. The number of sulfonamides is 1. The van der Waals surface area contributed by atoms with E-state index in [0.717, 1.165) is 0 Å². The molecule has 1 spiro atoms. The predicted molar refractivity (Wildman–Crippen MR) is 69.0 cm³/mol. The van der Waals surface area contributed by atoms with E-state index in [1.807, 2.05) is 7.05 Å². The zero-order chi connectivity index (χ0) is 13.7. The van der Waals surface area contributed by atoms with Crippen molar-refractivity contribution in [1.82, 2.24) is 14.6 Å². The number of piperidine rings is 1.